The van der Waals surface area contributed by atoms with Crippen molar-refractivity contribution < 1.29 is 14.3 Å². The van der Waals surface area contributed by atoms with E-state index in [1.807, 2.05) is 54.6 Å². The van der Waals surface area contributed by atoms with Gasteiger partial charge in [-0.15, -0.1) is 23.2 Å². The maximum absolute atomic E-state index is 12.8. The van der Waals surface area contributed by atoms with Gasteiger partial charge in [0, 0.05) is 64.8 Å². The number of ether oxygens (including phenoxy) is 2. The molecule has 0 spiro atoms. The van der Waals surface area contributed by atoms with Crippen LogP contribution in [0.25, 0.3) is 21.8 Å². The van der Waals surface area contributed by atoms with E-state index in [1.165, 1.54) is 0 Å². The molecule has 7 nitrogen and oxygen atoms in total. The van der Waals surface area contributed by atoms with Crippen molar-refractivity contribution >= 4 is 73.9 Å². The molecule has 0 radical (unpaired) electrons. The second kappa shape index (κ2) is 13.0. The number of amides is 1. The van der Waals surface area contributed by atoms with Crippen molar-refractivity contribution in [3.8, 4) is 11.5 Å². The van der Waals surface area contributed by atoms with Gasteiger partial charge in [0.1, 0.15) is 11.5 Å². The molecule has 1 heterocycles. The fourth-order valence-electron chi connectivity index (χ4n) is 4.75. The van der Waals surface area contributed by atoms with Crippen LogP contribution in [0, 0.1) is 6.92 Å². The van der Waals surface area contributed by atoms with Crippen molar-refractivity contribution in [1.82, 2.24) is 4.98 Å². The van der Waals surface area contributed by atoms with E-state index in [1.54, 1.807) is 25.3 Å². The van der Waals surface area contributed by atoms with Gasteiger partial charge in [-0.3, -0.25) is 5.32 Å². The van der Waals surface area contributed by atoms with Crippen molar-refractivity contribution in [1.29, 1.82) is 0 Å². The molecular formula is C32H30Cl2N4O3. The minimum atomic E-state index is -0.620. The molecule has 2 N–H and O–H groups in total. The summed E-state index contributed by atoms with van der Waals surface area (Å²) in [5.74, 6) is 1.96. The Morgan fingerprint density at radius 3 is 2.29 bits per heavy atom. The van der Waals surface area contributed by atoms with E-state index in [9.17, 15) is 4.79 Å². The van der Waals surface area contributed by atoms with Crippen molar-refractivity contribution in [2.24, 2.45) is 0 Å². The zero-order valence-corrected chi connectivity index (χ0v) is 24.3. The van der Waals surface area contributed by atoms with Gasteiger partial charge >= 0.3 is 6.09 Å². The van der Waals surface area contributed by atoms with E-state index in [0.717, 1.165) is 44.4 Å². The first-order chi connectivity index (χ1) is 20.0. The number of carbonyl (C=O) groups excluding carboxylic acids is 1. The number of nitrogens with zero attached hydrogens (tertiary/aromatic N) is 2. The Morgan fingerprint density at radius 2 is 1.56 bits per heavy atom. The number of para-hydroxylation sites is 2. The largest absolute Gasteiger partial charge is 0.497 e. The molecule has 1 aromatic heterocycles. The monoisotopic (exact) mass is 588 g/mol. The first-order valence-corrected chi connectivity index (χ1v) is 14.3. The summed E-state index contributed by atoms with van der Waals surface area (Å²) in [5, 5.41) is 8.36. The second-order valence-electron chi connectivity index (χ2n) is 9.42. The predicted octanol–water partition coefficient (Wildman–Crippen LogP) is 8.34. The molecule has 0 aliphatic rings. The zero-order chi connectivity index (χ0) is 28.8. The summed E-state index contributed by atoms with van der Waals surface area (Å²) < 4.78 is 11.1. The van der Waals surface area contributed by atoms with Crippen LogP contribution in [0.1, 0.15) is 5.56 Å². The molecule has 4 aromatic carbocycles. The number of halogens is 2. The summed E-state index contributed by atoms with van der Waals surface area (Å²) in [4.78, 5) is 19.8. The molecular weight excluding hydrogens is 559 g/mol. The van der Waals surface area contributed by atoms with Crippen LogP contribution in [0.2, 0.25) is 0 Å². The molecule has 0 saturated heterocycles. The van der Waals surface area contributed by atoms with Crippen LogP contribution in [-0.2, 0) is 0 Å². The van der Waals surface area contributed by atoms with Crippen LogP contribution in [-0.4, -0.2) is 43.0 Å². The molecule has 0 aliphatic carbocycles. The lowest BCUT2D eigenvalue weighted by Crippen LogP contribution is -2.27. The molecule has 5 aromatic rings. The van der Waals surface area contributed by atoms with Gasteiger partial charge in [-0.25, -0.2) is 9.78 Å². The molecule has 0 saturated carbocycles. The fraction of sp³-hybridized carbons (Fsp3) is 0.188. The minimum absolute atomic E-state index is 0.411. The molecule has 210 valence electrons. The predicted molar refractivity (Wildman–Crippen MR) is 170 cm³/mol. The van der Waals surface area contributed by atoms with Crippen LogP contribution in [0.3, 0.4) is 0 Å². The number of benzene rings is 4. The van der Waals surface area contributed by atoms with E-state index in [4.69, 9.17) is 37.7 Å². The lowest BCUT2D eigenvalue weighted by atomic mass is 10.0. The van der Waals surface area contributed by atoms with Gasteiger partial charge in [0.05, 0.1) is 23.8 Å². The highest BCUT2D eigenvalue weighted by molar-refractivity contribution is 6.18. The van der Waals surface area contributed by atoms with Crippen molar-refractivity contribution in [3.05, 3.63) is 90.5 Å². The number of methoxy groups -OCH3 is 1. The lowest BCUT2D eigenvalue weighted by Gasteiger charge is -2.22. The number of carbonyl (C=O) groups is 1. The number of nitrogens with one attached hydrogen (secondary N) is 2. The highest BCUT2D eigenvalue weighted by Crippen LogP contribution is 2.36. The van der Waals surface area contributed by atoms with Gasteiger partial charge in [0.15, 0.2) is 0 Å². The molecule has 0 fully saturated rings. The number of alkyl halides is 2. The minimum Gasteiger partial charge on any atom is -0.497 e. The third kappa shape index (κ3) is 6.59. The molecule has 0 atom stereocenters. The summed E-state index contributed by atoms with van der Waals surface area (Å²) in [6.07, 6.45) is -0.620. The van der Waals surface area contributed by atoms with Gasteiger partial charge in [-0.1, -0.05) is 36.4 Å². The number of anilines is 4. The molecule has 9 heteroatoms. The average molecular weight is 590 g/mol. The molecule has 1 amide bonds. The summed E-state index contributed by atoms with van der Waals surface area (Å²) in [5.41, 5.74) is 6.04. The maximum atomic E-state index is 12.8. The van der Waals surface area contributed by atoms with Gasteiger partial charge in [-0.2, -0.15) is 0 Å². The Balaban J connectivity index is 1.38. The summed E-state index contributed by atoms with van der Waals surface area (Å²) in [6.45, 7) is 3.40. The van der Waals surface area contributed by atoms with Gasteiger partial charge in [0.25, 0.3) is 0 Å². The van der Waals surface area contributed by atoms with Crippen LogP contribution < -0.4 is 25.0 Å². The normalized spacial score (nSPS) is 10.9. The van der Waals surface area contributed by atoms with Crippen LogP contribution in [0.4, 0.5) is 27.5 Å². The first kappa shape index (κ1) is 28.3. The van der Waals surface area contributed by atoms with E-state index in [2.05, 4.69) is 34.6 Å². The Morgan fingerprint density at radius 1 is 0.854 bits per heavy atom. The maximum Gasteiger partial charge on any atom is 0.417 e. The Labute approximate surface area is 249 Å². The number of rotatable bonds is 10. The number of aromatic nitrogens is 1. The SMILES string of the molecule is COc1cc(NC(=O)Oc2ccc(N(CCCl)CCCl)cc2)cc(Nc2c3ccccc3nc3c(C)cccc23)c1. The van der Waals surface area contributed by atoms with E-state index < -0.39 is 6.09 Å². The third-order valence-corrected chi connectivity index (χ3v) is 7.03. The van der Waals surface area contributed by atoms with E-state index >= 15 is 0 Å². The molecule has 0 bridgehead atoms. The van der Waals surface area contributed by atoms with Crippen molar-refractivity contribution in [2.45, 2.75) is 6.92 Å². The zero-order valence-electron chi connectivity index (χ0n) is 22.8. The van der Waals surface area contributed by atoms with Crippen LogP contribution >= 0.6 is 23.2 Å². The lowest BCUT2D eigenvalue weighted by molar-refractivity contribution is 0.215. The molecule has 0 unspecified atom stereocenters. The van der Waals surface area contributed by atoms with Crippen LogP contribution in [0.15, 0.2) is 84.9 Å². The Hall–Kier alpha value is -4.20. The fourth-order valence-corrected chi connectivity index (χ4v) is 5.15. The summed E-state index contributed by atoms with van der Waals surface area (Å²) in [6, 6.07) is 26.8. The van der Waals surface area contributed by atoms with E-state index in [0.29, 0.717) is 42.0 Å². The van der Waals surface area contributed by atoms with Gasteiger partial charge in [-0.05, 0) is 48.9 Å². The molecule has 41 heavy (non-hydrogen) atoms. The highest BCUT2D eigenvalue weighted by atomic mass is 35.5. The van der Waals surface area contributed by atoms with E-state index in [-0.39, 0.29) is 0 Å². The smallest absolute Gasteiger partial charge is 0.417 e. The number of hydrogen-bond acceptors (Lipinski definition) is 6. The summed E-state index contributed by atoms with van der Waals surface area (Å²) >= 11 is 11.8. The molecule has 5 rings (SSSR count). The molecule has 0 aliphatic heterocycles. The van der Waals surface area contributed by atoms with Crippen molar-refractivity contribution in [2.75, 3.05) is 47.5 Å². The standard InChI is InChI=1S/C32H30Cl2N4O3/c1-21-6-5-8-28-30(21)37-29-9-4-3-7-27(29)31(28)35-22-18-23(20-26(19-22)40-2)36-32(39)41-25-12-10-24(11-13-25)38(16-14-33)17-15-34/h3-13,18-20H,14-17H2,1-2H3,(H,35,37)(H,36,39). The van der Waals surface area contributed by atoms with Crippen molar-refractivity contribution in [3.63, 3.8) is 0 Å². The number of hydrogen-bond donors (Lipinski definition) is 2. The summed E-state index contributed by atoms with van der Waals surface area (Å²) in [7, 11) is 1.58. The van der Waals surface area contributed by atoms with Crippen LogP contribution in [0.5, 0.6) is 11.5 Å². The third-order valence-electron chi connectivity index (χ3n) is 6.69. The topological polar surface area (TPSA) is 75.7 Å². The number of aryl methyl sites for hydroxylation is 1. The second-order valence-corrected chi connectivity index (χ2v) is 10.2. The quantitative estimate of drug-likeness (QED) is 0.126. The Kier molecular flexibility index (Phi) is 8.97. The first-order valence-electron chi connectivity index (χ1n) is 13.2. The Bertz CT molecular complexity index is 1670. The average Bonchev–Trinajstić information content (AvgIpc) is 2.97. The number of fused-ring (bicyclic) bond motifs is 2. The highest BCUT2D eigenvalue weighted by Gasteiger charge is 2.14. The van der Waals surface area contributed by atoms with Gasteiger partial charge < -0.3 is 19.7 Å². The van der Waals surface area contributed by atoms with Gasteiger partial charge in [0.2, 0.25) is 0 Å². The number of pyridine rings is 1.